The van der Waals surface area contributed by atoms with Gasteiger partial charge in [0.1, 0.15) is 6.10 Å². The number of nitrogens with one attached hydrogen (secondary N) is 1. The van der Waals surface area contributed by atoms with Gasteiger partial charge in [0.05, 0.1) is 12.3 Å². The molecule has 0 bridgehead atoms. The van der Waals surface area contributed by atoms with Gasteiger partial charge in [-0.3, -0.25) is 4.68 Å². The maximum Gasteiger partial charge on any atom is 0.490 e. The van der Waals surface area contributed by atoms with Crippen LogP contribution in [-0.2, 0) is 34.3 Å². The van der Waals surface area contributed by atoms with Crippen LogP contribution in [0.4, 0.5) is 26.3 Å². The molecule has 32 heavy (non-hydrogen) atoms. The van der Waals surface area contributed by atoms with Gasteiger partial charge in [0.15, 0.2) is 0 Å². The third-order valence-corrected chi connectivity index (χ3v) is 4.39. The molecule has 0 aromatic carbocycles. The summed E-state index contributed by atoms with van der Waals surface area (Å²) >= 11 is 1.73. The molecule has 1 aliphatic heterocycles. The first-order chi connectivity index (χ1) is 14.7. The number of alkyl halides is 6. The third-order valence-electron chi connectivity index (χ3n) is 3.66. The molecule has 0 spiro atoms. The lowest BCUT2D eigenvalue weighted by Gasteiger charge is -2.22. The number of carboxylic acids is 2. The number of aryl methyl sites for hydroxylation is 1. The van der Waals surface area contributed by atoms with Gasteiger partial charge < -0.3 is 20.3 Å². The van der Waals surface area contributed by atoms with Crippen LogP contribution in [0, 0.1) is 0 Å². The quantitative estimate of drug-likeness (QED) is 0.563. The summed E-state index contributed by atoms with van der Waals surface area (Å²) in [6, 6.07) is 2.14. The molecule has 8 nitrogen and oxygen atoms in total. The number of aliphatic carboxylic acids is 2. The van der Waals surface area contributed by atoms with Crippen molar-refractivity contribution in [1.82, 2.24) is 15.1 Å². The standard InChI is InChI=1S/C13H17N3OS.2C2HF3O2/c1-16-8-11-2-4-17-12(13(11)15-16)7-14-6-10-3-5-18-9-10;2*3-2(4,5)1(6)7/h3,5,8-9,12,14H,2,4,6-7H2,1H3;2*(H,6,7). The van der Waals surface area contributed by atoms with Crippen molar-refractivity contribution >= 4 is 23.3 Å². The van der Waals surface area contributed by atoms with Gasteiger partial charge in [0.2, 0.25) is 0 Å². The van der Waals surface area contributed by atoms with Crippen LogP contribution in [0.1, 0.15) is 22.9 Å². The number of aromatic nitrogens is 2. The summed E-state index contributed by atoms with van der Waals surface area (Å²) in [6.45, 7) is 2.51. The number of hydrogen-bond acceptors (Lipinski definition) is 6. The number of carbonyl (C=O) groups is 2. The van der Waals surface area contributed by atoms with Gasteiger partial charge in [-0.05, 0) is 34.4 Å². The fourth-order valence-corrected chi connectivity index (χ4v) is 2.97. The van der Waals surface area contributed by atoms with Crippen LogP contribution in [-0.4, -0.2) is 57.4 Å². The molecule has 3 N–H and O–H groups in total. The Kier molecular flexibility index (Phi) is 10.1. The monoisotopic (exact) mass is 491 g/mol. The van der Waals surface area contributed by atoms with E-state index in [9.17, 15) is 26.3 Å². The summed E-state index contributed by atoms with van der Waals surface area (Å²) < 4.78 is 71.2. The predicted molar refractivity (Wildman–Crippen MR) is 99.0 cm³/mol. The van der Waals surface area contributed by atoms with Gasteiger partial charge >= 0.3 is 24.3 Å². The van der Waals surface area contributed by atoms with E-state index in [0.717, 1.165) is 31.8 Å². The van der Waals surface area contributed by atoms with Gasteiger partial charge in [0, 0.05) is 26.3 Å². The molecule has 0 radical (unpaired) electrons. The van der Waals surface area contributed by atoms with Crippen molar-refractivity contribution in [3.63, 3.8) is 0 Å². The molecule has 3 heterocycles. The number of ether oxygens (including phenoxy) is 1. The number of thiophene rings is 1. The lowest BCUT2D eigenvalue weighted by molar-refractivity contribution is -0.193. The first kappa shape index (κ1) is 27.4. The van der Waals surface area contributed by atoms with Crippen LogP contribution in [0.2, 0.25) is 0 Å². The highest BCUT2D eigenvalue weighted by Gasteiger charge is 2.38. The lowest BCUT2D eigenvalue weighted by atomic mass is 10.1. The van der Waals surface area contributed by atoms with E-state index in [1.165, 1.54) is 11.1 Å². The highest BCUT2D eigenvalue weighted by Crippen LogP contribution is 2.24. The summed E-state index contributed by atoms with van der Waals surface area (Å²) in [4.78, 5) is 17.8. The zero-order chi connectivity index (χ0) is 24.5. The molecule has 180 valence electrons. The highest BCUT2D eigenvalue weighted by molar-refractivity contribution is 7.07. The van der Waals surface area contributed by atoms with Gasteiger partial charge in [-0.15, -0.1) is 0 Å². The first-order valence-electron chi connectivity index (χ1n) is 8.67. The topological polar surface area (TPSA) is 114 Å². The first-order valence-corrected chi connectivity index (χ1v) is 9.62. The second-order valence-electron chi connectivity index (χ2n) is 6.19. The minimum atomic E-state index is -5.08. The van der Waals surface area contributed by atoms with Crippen LogP contribution >= 0.6 is 11.3 Å². The Morgan fingerprint density at radius 2 is 1.78 bits per heavy atom. The molecule has 0 aliphatic carbocycles. The Morgan fingerprint density at radius 1 is 1.22 bits per heavy atom. The van der Waals surface area contributed by atoms with Gasteiger partial charge in [-0.1, -0.05) is 0 Å². The molecule has 1 atom stereocenters. The normalized spacial score (nSPS) is 15.5. The molecule has 0 saturated carbocycles. The zero-order valence-electron chi connectivity index (χ0n) is 16.4. The number of halogens is 6. The van der Waals surface area contributed by atoms with Crippen molar-refractivity contribution in [2.45, 2.75) is 31.4 Å². The molecule has 15 heteroatoms. The SMILES string of the molecule is Cn1cc2c(n1)C(CNCc1ccsc1)OCC2.O=C(O)C(F)(F)F.O=C(O)C(F)(F)F. The Balaban J connectivity index is 0.000000305. The van der Waals surface area contributed by atoms with Crippen LogP contribution in [0.5, 0.6) is 0 Å². The minimum Gasteiger partial charge on any atom is -0.475 e. The maximum atomic E-state index is 10.6. The van der Waals surface area contributed by atoms with Crippen molar-refractivity contribution < 1.29 is 50.9 Å². The third kappa shape index (κ3) is 9.65. The Morgan fingerprint density at radius 3 is 2.25 bits per heavy atom. The zero-order valence-corrected chi connectivity index (χ0v) is 17.2. The molecule has 0 amide bonds. The largest absolute Gasteiger partial charge is 0.490 e. The average molecular weight is 491 g/mol. The lowest BCUT2D eigenvalue weighted by Crippen LogP contribution is -2.27. The van der Waals surface area contributed by atoms with E-state index in [1.807, 2.05) is 11.7 Å². The summed E-state index contributed by atoms with van der Waals surface area (Å²) in [5.41, 5.74) is 3.75. The molecule has 0 saturated heterocycles. The van der Waals surface area contributed by atoms with E-state index >= 15 is 0 Å². The number of hydrogen-bond donors (Lipinski definition) is 3. The average Bonchev–Trinajstić information content (AvgIpc) is 3.30. The van der Waals surface area contributed by atoms with Crippen molar-refractivity contribution in [3.05, 3.63) is 39.8 Å². The number of fused-ring (bicyclic) bond motifs is 1. The Bertz CT molecular complexity index is 843. The molecular weight excluding hydrogens is 472 g/mol. The molecule has 0 fully saturated rings. The van der Waals surface area contributed by atoms with Crippen LogP contribution < -0.4 is 5.32 Å². The van der Waals surface area contributed by atoms with Crippen molar-refractivity contribution in [2.24, 2.45) is 7.05 Å². The van der Waals surface area contributed by atoms with Crippen molar-refractivity contribution in [2.75, 3.05) is 13.2 Å². The van der Waals surface area contributed by atoms with Crippen LogP contribution in [0.25, 0.3) is 0 Å². The minimum absolute atomic E-state index is 0.0913. The molecule has 3 rings (SSSR count). The van der Waals surface area contributed by atoms with Crippen molar-refractivity contribution in [3.8, 4) is 0 Å². The van der Waals surface area contributed by atoms with Crippen molar-refractivity contribution in [1.29, 1.82) is 0 Å². The van der Waals surface area contributed by atoms with Crippen LogP contribution in [0.3, 0.4) is 0 Å². The molecule has 1 aliphatic rings. The fraction of sp³-hybridized carbons (Fsp3) is 0.471. The smallest absolute Gasteiger partial charge is 0.475 e. The predicted octanol–water partition coefficient (Wildman–Crippen LogP) is 3.15. The summed E-state index contributed by atoms with van der Waals surface area (Å²) in [6.07, 6.45) is -7.00. The van der Waals surface area contributed by atoms with E-state index in [0.29, 0.717) is 0 Å². The van der Waals surface area contributed by atoms with E-state index in [4.69, 9.17) is 24.5 Å². The Hall–Kier alpha value is -2.65. The molecule has 1 unspecified atom stereocenters. The summed E-state index contributed by atoms with van der Waals surface area (Å²) in [5.74, 6) is -5.51. The maximum absolute atomic E-state index is 10.6. The second kappa shape index (κ2) is 11.8. The van der Waals surface area contributed by atoms with Gasteiger partial charge in [0.25, 0.3) is 0 Å². The molecular formula is C17H19F6N3O5S. The van der Waals surface area contributed by atoms with E-state index in [-0.39, 0.29) is 6.10 Å². The van der Waals surface area contributed by atoms with Crippen LogP contribution in [0.15, 0.2) is 23.0 Å². The van der Waals surface area contributed by atoms with E-state index < -0.39 is 24.3 Å². The van der Waals surface area contributed by atoms with Gasteiger partial charge in [-0.25, -0.2) is 9.59 Å². The fourth-order valence-electron chi connectivity index (χ4n) is 2.30. The van der Waals surface area contributed by atoms with E-state index in [2.05, 4.69) is 33.4 Å². The summed E-state index contributed by atoms with van der Waals surface area (Å²) in [5, 5.41) is 26.5. The second-order valence-corrected chi connectivity index (χ2v) is 6.97. The number of nitrogens with zero attached hydrogens (tertiary/aromatic N) is 2. The molecule has 2 aromatic heterocycles. The number of rotatable bonds is 4. The van der Waals surface area contributed by atoms with Gasteiger partial charge in [-0.2, -0.15) is 42.8 Å². The number of carboxylic acid groups (broad SMARTS) is 2. The molecule has 2 aromatic rings. The highest BCUT2D eigenvalue weighted by atomic mass is 32.1. The van der Waals surface area contributed by atoms with E-state index in [1.54, 1.807) is 11.3 Å². The summed E-state index contributed by atoms with van der Waals surface area (Å²) in [7, 11) is 1.97. The Labute approximate surface area is 181 Å².